The number of hydrogen-bond donors (Lipinski definition) is 1. The lowest BCUT2D eigenvalue weighted by molar-refractivity contribution is 0.195. The highest BCUT2D eigenvalue weighted by Crippen LogP contribution is 2.27. The molecular weight excluding hydrogens is 316 g/mol. The van der Waals surface area contributed by atoms with Crippen molar-refractivity contribution in [3.8, 4) is 0 Å². The smallest absolute Gasteiger partial charge is 0.165 e. The van der Waals surface area contributed by atoms with E-state index in [0.717, 1.165) is 0 Å². The van der Waals surface area contributed by atoms with Crippen LogP contribution in [0.4, 0.5) is 0 Å². The maximum absolute atomic E-state index is 11.5. The number of sulfone groups is 1. The Kier molecular flexibility index (Phi) is 4.79. The normalized spacial score (nSPS) is 15.8. The molecule has 2 atom stereocenters. The van der Waals surface area contributed by atoms with Crippen molar-refractivity contribution >= 4 is 37.4 Å². The van der Waals surface area contributed by atoms with Gasteiger partial charge in [-0.3, -0.25) is 0 Å². The van der Waals surface area contributed by atoms with Gasteiger partial charge in [-0.15, -0.1) is 0 Å². The minimum Gasteiger partial charge on any atom is -0.386 e. The van der Waals surface area contributed by atoms with Crippen LogP contribution in [0.3, 0.4) is 0 Å². The first-order chi connectivity index (χ1) is 7.38. The van der Waals surface area contributed by atoms with Crippen molar-refractivity contribution in [2.24, 2.45) is 0 Å². The summed E-state index contributed by atoms with van der Waals surface area (Å²) in [5, 5.41) is 10.4. The van der Waals surface area contributed by atoms with Gasteiger partial charge in [-0.25, -0.2) is 8.42 Å². The molecule has 0 aromatic heterocycles. The molecule has 1 aromatic rings. The van der Waals surface area contributed by atoms with E-state index in [1.807, 2.05) is 0 Å². The molecule has 0 fully saturated rings. The first-order valence-corrected chi connectivity index (χ1v) is 7.68. The molecule has 0 spiro atoms. The van der Waals surface area contributed by atoms with Gasteiger partial charge in [0, 0.05) is 10.8 Å². The minimum absolute atomic E-state index is 0.0203. The van der Waals surface area contributed by atoms with Crippen molar-refractivity contribution in [1.82, 2.24) is 0 Å². The van der Waals surface area contributed by atoms with Gasteiger partial charge in [0.05, 0.1) is 0 Å². The van der Waals surface area contributed by atoms with Crippen molar-refractivity contribution < 1.29 is 13.5 Å². The lowest BCUT2D eigenvalue weighted by Gasteiger charge is -2.17. The summed E-state index contributed by atoms with van der Waals surface area (Å²) in [6, 6.07) is 6.43. The molecule has 0 radical (unpaired) electrons. The van der Waals surface area contributed by atoms with Gasteiger partial charge in [0.15, 0.2) is 9.84 Å². The highest BCUT2D eigenvalue weighted by atomic mass is 79.9. The Morgan fingerprint density at radius 2 is 1.88 bits per heavy atom. The van der Waals surface area contributed by atoms with E-state index >= 15 is 0 Å². The van der Waals surface area contributed by atoms with Crippen LogP contribution in [0.5, 0.6) is 0 Å². The zero-order valence-corrected chi connectivity index (χ0v) is 11.8. The van der Waals surface area contributed by atoms with Crippen LogP contribution in [-0.4, -0.2) is 23.4 Å². The molecule has 6 heteroatoms. The van der Waals surface area contributed by atoms with Gasteiger partial charge in [0.25, 0.3) is 0 Å². The van der Waals surface area contributed by atoms with Gasteiger partial charge >= 0.3 is 0 Å². The first kappa shape index (κ1) is 14.0. The first-order valence-electron chi connectivity index (χ1n) is 4.67. The van der Waals surface area contributed by atoms with E-state index in [9.17, 15) is 13.5 Å². The van der Waals surface area contributed by atoms with Crippen LogP contribution in [-0.2, 0) is 9.84 Å². The van der Waals surface area contributed by atoms with Crippen LogP contribution in [0.1, 0.15) is 18.6 Å². The molecule has 1 rings (SSSR count). The molecule has 0 saturated heterocycles. The standard InChI is InChI=1S/C10H12BrClO3S/c1-2-16(14,15)10(11)9(13)7-3-5-8(12)6-4-7/h3-6,9-10,13H,2H2,1H3/t9-,10-/m1/s1. The largest absolute Gasteiger partial charge is 0.386 e. The molecule has 90 valence electrons. The summed E-state index contributed by atoms with van der Waals surface area (Å²) in [5.74, 6) is -0.0203. The van der Waals surface area contributed by atoms with Crippen molar-refractivity contribution in [2.45, 2.75) is 17.2 Å². The number of benzene rings is 1. The Balaban J connectivity index is 2.94. The Hall–Kier alpha value is -0.100. The van der Waals surface area contributed by atoms with Crippen molar-refractivity contribution in [2.75, 3.05) is 5.75 Å². The van der Waals surface area contributed by atoms with Crippen LogP contribution in [0.2, 0.25) is 5.02 Å². The lowest BCUT2D eigenvalue weighted by Crippen LogP contribution is -2.24. The number of hydrogen-bond acceptors (Lipinski definition) is 3. The summed E-state index contributed by atoms with van der Waals surface area (Å²) >= 11 is 8.71. The van der Waals surface area contributed by atoms with Gasteiger partial charge < -0.3 is 5.11 Å². The summed E-state index contributed by atoms with van der Waals surface area (Å²) in [6.45, 7) is 1.54. The summed E-state index contributed by atoms with van der Waals surface area (Å²) in [4.78, 5) is 0. The molecule has 0 unspecified atom stereocenters. The van der Waals surface area contributed by atoms with E-state index in [0.29, 0.717) is 10.6 Å². The highest BCUT2D eigenvalue weighted by molar-refractivity contribution is 9.11. The fourth-order valence-corrected chi connectivity index (χ4v) is 3.26. The molecule has 0 amide bonds. The van der Waals surface area contributed by atoms with Gasteiger partial charge in [0.2, 0.25) is 0 Å². The Bertz CT molecular complexity index is 444. The molecule has 16 heavy (non-hydrogen) atoms. The minimum atomic E-state index is -3.32. The summed E-state index contributed by atoms with van der Waals surface area (Å²) in [5.41, 5.74) is 0.517. The van der Waals surface area contributed by atoms with Crippen molar-refractivity contribution in [3.05, 3.63) is 34.9 Å². The number of halogens is 2. The zero-order valence-electron chi connectivity index (χ0n) is 8.60. The third-order valence-electron chi connectivity index (χ3n) is 2.21. The highest BCUT2D eigenvalue weighted by Gasteiger charge is 2.29. The van der Waals surface area contributed by atoms with Gasteiger partial charge in [-0.05, 0) is 17.7 Å². The van der Waals surface area contributed by atoms with Crippen LogP contribution in [0.15, 0.2) is 24.3 Å². The maximum atomic E-state index is 11.5. The second-order valence-electron chi connectivity index (χ2n) is 3.30. The van der Waals surface area contributed by atoms with Crippen LogP contribution in [0.25, 0.3) is 0 Å². The topological polar surface area (TPSA) is 54.4 Å². The number of alkyl halides is 1. The number of aliphatic hydroxyl groups is 1. The van der Waals surface area contributed by atoms with E-state index in [2.05, 4.69) is 15.9 Å². The Morgan fingerprint density at radius 3 is 2.31 bits per heavy atom. The summed E-state index contributed by atoms with van der Waals surface area (Å²) in [7, 11) is -3.32. The van der Waals surface area contributed by atoms with E-state index in [1.54, 1.807) is 24.3 Å². The van der Waals surface area contributed by atoms with Gasteiger partial charge in [-0.1, -0.05) is 46.6 Å². The molecule has 0 heterocycles. The number of rotatable bonds is 4. The van der Waals surface area contributed by atoms with E-state index in [-0.39, 0.29) is 5.75 Å². The summed E-state index contributed by atoms with van der Waals surface area (Å²) in [6.07, 6.45) is -1.10. The predicted molar refractivity (Wildman–Crippen MR) is 68.6 cm³/mol. The molecule has 0 bridgehead atoms. The second-order valence-corrected chi connectivity index (χ2v) is 7.74. The van der Waals surface area contributed by atoms with Gasteiger partial charge in [-0.2, -0.15) is 0 Å². The molecule has 1 N–H and O–H groups in total. The molecule has 3 nitrogen and oxygen atoms in total. The fraction of sp³-hybridized carbons (Fsp3) is 0.400. The molecular formula is C10H12BrClO3S. The second kappa shape index (κ2) is 5.49. The quantitative estimate of drug-likeness (QED) is 0.865. The average Bonchev–Trinajstić information content (AvgIpc) is 2.28. The van der Waals surface area contributed by atoms with E-state index in [4.69, 9.17) is 11.6 Å². The summed E-state index contributed by atoms with van der Waals surface area (Å²) < 4.78 is 22.1. The van der Waals surface area contributed by atoms with Crippen LogP contribution in [0, 0.1) is 0 Å². The zero-order chi connectivity index (χ0) is 12.3. The third kappa shape index (κ3) is 3.20. The SMILES string of the molecule is CCS(=O)(=O)[C@@H](Br)[C@H](O)c1ccc(Cl)cc1. The van der Waals surface area contributed by atoms with Crippen molar-refractivity contribution in [3.63, 3.8) is 0 Å². The van der Waals surface area contributed by atoms with Gasteiger partial charge in [0.1, 0.15) is 10.3 Å². The Labute approximate surface area is 108 Å². The van der Waals surface area contributed by atoms with Crippen LogP contribution >= 0.6 is 27.5 Å². The van der Waals surface area contributed by atoms with Crippen molar-refractivity contribution in [1.29, 1.82) is 0 Å². The predicted octanol–water partition coefficient (Wildman–Crippen LogP) is 2.53. The van der Waals surface area contributed by atoms with E-state index < -0.39 is 20.1 Å². The maximum Gasteiger partial charge on any atom is 0.165 e. The molecule has 0 aliphatic carbocycles. The van der Waals surface area contributed by atoms with E-state index in [1.165, 1.54) is 6.92 Å². The molecule has 0 saturated carbocycles. The average molecular weight is 328 g/mol. The number of aliphatic hydroxyl groups excluding tert-OH is 1. The molecule has 1 aromatic carbocycles. The fourth-order valence-electron chi connectivity index (χ4n) is 1.17. The molecule has 0 aliphatic rings. The third-order valence-corrected chi connectivity index (χ3v) is 6.42. The lowest BCUT2D eigenvalue weighted by atomic mass is 10.1. The van der Waals surface area contributed by atoms with Crippen LogP contribution < -0.4 is 0 Å². The Morgan fingerprint density at radius 1 is 1.38 bits per heavy atom. The molecule has 0 aliphatic heterocycles. The monoisotopic (exact) mass is 326 g/mol.